The second-order valence-corrected chi connectivity index (χ2v) is 4.11. The largest absolute Gasteiger partial charge is 0.385 e. The lowest BCUT2D eigenvalue weighted by Crippen LogP contribution is -2.03. The summed E-state index contributed by atoms with van der Waals surface area (Å²) in [6.07, 6.45) is 2.07. The van der Waals surface area contributed by atoms with Crippen LogP contribution < -0.4 is 5.32 Å². The number of halogens is 2. The smallest absolute Gasteiger partial charge is 0.124 e. The van der Waals surface area contributed by atoms with Crippen molar-refractivity contribution in [3.05, 3.63) is 28.5 Å². The minimum atomic E-state index is -0.230. The van der Waals surface area contributed by atoms with E-state index < -0.39 is 0 Å². The van der Waals surface area contributed by atoms with E-state index in [-0.39, 0.29) is 5.82 Å². The molecule has 0 atom stereocenters. The molecule has 0 unspecified atom stereocenters. The molecule has 0 saturated carbocycles. The van der Waals surface area contributed by atoms with Gasteiger partial charge in [-0.1, -0.05) is 0 Å². The van der Waals surface area contributed by atoms with E-state index in [9.17, 15) is 4.39 Å². The molecule has 0 saturated heterocycles. The van der Waals surface area contributed by atoms with Crippen molar-refractivity contribution >= 4 is 21.6 Å². The average Bonchev–Trinajstić information content (AvgIpc) is 2.20. The second-order valence-electron chi connectivity index (χ2n) is 3.25. The first kappa shape index (κ1) is 12.5. The van der Waals surface area contributed by atoms with Gasteiger partial charge in [-0.15, -0.1) is 0 Å². The van der Waals surface area contributed by atoms with Crippen LogP contribution in [0.4, 0.5) is 10.1 Å². The molecule has 0 aliphatic rings. The summed E-state index contributed by atoms with van der Waals surface area (Å²) in [7, 11) is 1.70. The fourth-order valence-electron chi connectivity index (χ4n) is 1.23. The molecule has 15 heavy (non-hydrogen) atoms. The Bertz CT molecular complexity index is 307. The first-order chi connectivity index (χ1) is 7.24. The third-order valence-electron chi connectivity index (χ3n) is 2.02. The van der Waals surface area contributed by atoms with Gasteiger partial charge in [-0.3, -0.25) is 0 Å². The first-order valence-electron chi connectivity index (χ1n) is 4.92. The van der Waals surface area contributed by atoms with E-state index in [0.29, 0.717) is 0 Å². The molecule has 1 aromatic rings. The number of ether oxygens (including phenoxy) is 1. The van der Waals surface area contributed by atoms with Gasteiger partial charge in [0.25, 0.3) is 0 Å². The van der Waals surface area contributed by atoms with Crippen LogP contribution in [0.2, 0.25) is 0 Å². The molecule has 4 heteroatoms. The number of unbranched alkanes of at least 4 members (excludes halogenated alkanes) is 1. The highest BCUT2D eigenvalue weighted by Crippen LogP contribution is 2.22. The van der Waals surface area contributed by atoms with Crippen LogP contribution in [0.25, 0.3) is 0 Å². The van der Waals surface area contributed by atoms with E-state index in [4.69, 9.17) is 4.74 Å². The van der Waals surface area contributed by atoms with Gasteiger partial charge in [0.15, 0.2) is 0 Å². The van der Waals surface area contributed by atoms with Crippen LogP contribution in [-0.2, 0) is 4.74 Å². The molecule has 2 nitrogen and oxygen atoms in total. The van der Waals surface area contributed by atoms with Crippen LogP contribution in [0, 0.1) is 5.82 Å². The first-order valence-corrected chi connectivity index (χ1v) is 5.71. The van der Waals surface area contributed by atoms with Gasteiger partial charge in [0.2, 0.25) is 0 Å². The maximum atomic E-state index is 12.8. The number of rotatable bonds is 6. The Kier molecular flexibility index (Phi) is 5.65. The van der Waals surface area contributed by atoms with Crippen LogP contribution >= 0.6 is 15.9 Å². The third-order valence-corrected chi connectivity index (χ3v) is 2.68. The lowest BCUT2D eigenvalue weighted by molar-refractivity contribution is 0.194. The minimum Gasteiger partial charge on any atom is -0.385 e. The quantitative estimate of drug-likeness (QED) is 0.804. The Morgan fingerprint density at radius 1 is 1.40 bits per heavy atom. The predicted octanol–water partition coefficient (Wildman–Crippen LogP) is 3.43. The van der Waals surface area contributed by atoms with Crippen molar-refractivity contribution in [1.29, 1.82) is 0 Å². The van der Waals surface area contributed by atoms with Crippen LogP contribution in [-0.4, -0.2) is 20.3 Å². The average molecular weight is 276 g/mol. The summed E-state index contributed by atoms with van der Waals surface area (Å²) in [5.74, 6) is -0.230. The van der Waals surface area contributed by atoms with Crippen molar-refractivity contribution in [2.24, 2.45) is 0 Å². The molecule has 1 rings (SSSR count). The van der Waals surface area contributed by atoms with Gasteiger partial charge >= 0.3 is 0 Å². The van der Waals surface area contributed by atoms with E-state index in [0.717, 1.165) is 36.2 Å². The number of methoxy groups -OCH3 is 1. The molecule has 0 bridgehead atoms. The number of hydrogen-bond donors (Lipinski definition) is 1. The van der Waals surface area contributed by atoms with E-state index in [1.807, 2.05) is 0 Å². The predicted molar refractivity (Wildman–Crippen MR) is 63.7 cm³/mol. The Morgan fingerprint density at radius 3 is 2.87 bits per heavy atom. The Hall–Kier alpha value is -0.610. The topological polar surface area (TPSA) is 21.3 Å². The lowest BCUT2D eigenvalue weighted by Gasteiger charge is -2.08. The number of hydrogen-bond acceptors (Lipinski definition) is 2. The molecule has 0 radical (unpaired) electrons. The van der Waals surface area contributed by atoms with Crippen molar-refractivity contribution in [2.45, 2.75) is 12.8 Å². The van der Waals surface area contributed by atoms with Crippen LogP contribution in [0.5, 0.6) is 0 Å². The van der Waals surface area contributed by atoms with Crippen molar-refractivity contribution < 1.29 is 9.13 Å². The monoisotopic (exact) mass is 275 g/mol. The SMILES string of the molecule is COCCCCNc1ccc(F)cc1Br. The summed E-state index contributed by atoms with van der Waals surface area (Å²) in [6.45, 7) is 1.65. The highest BCUT2D eigenvalue weighted by molar-refractivity contribution is 9.10. The van der Waals surface area contributed by atoms with Crippen molar-refractivity contribution in [2.75, 3.05) is 25.6 Å². The van der Waals surface area contributed by atoms with Gasteiger partial charge in [-0.25, -0.2) is 4.39 Å². The van der Waals surface area contributed by atoms with E-state index in [2.05, 4.69) is 21.2 Å². The van der Waals surface area contributed by atoms with E-state index in [1.54, 1.807) is 13.2 Å². The fraction of sp³-hybridized carbons (Fsp3) is 0.455. The highest BCUT2D eigenvalue weighted by Gasteiger charge is 1.99. The molecule has 0 fully saturated rings. The molecule has 0 aliphatic heterocycles. The van der Waals surface area contributed by atoms with Gasteiger partial charge in [0.1, 0.15) is 5.82 Å². The highest BCUT2D eigenvalue weighted by atomic mass is 79.9. The zero-order valence-electron chi connectivity index (χ0n) is 8.72. The van der Waals surface area contributed by atoms with Gasteiger partial charge in [-0.2, -0.15) is 0 Å². The minimum absolute atomic E-state index is 0.230. The number of anilines is 1. The molecule has 0 aliphatic carbocycles. The molecule has 0 spiro atoms. The molecule has 1 N–H and O–H groups in total. The van der Waals surface area contributed by atoms with Gasteiger partial charge < -0.3 is 10.1 Å². The van der Waals surface area contributed by atoms with Gasteiger partial charge in [0.05, 0.1) is 0 Å². The van der Waals surface area contributed by atoms with Crippen LogP contribution in [0.3, 0.4) is 0 Å². The van der Waals surface area contributed by atoms with Crippen molar-refractivity contribution in [3.63, 3.8) is 0 Å². The maximum absolute atomic E-state index is 12.8. The molecule has 0 heterocycles. The fourth-order valence-corrected chi connectivity index (χ4v) is 1.72. The summed E-state index contributed by atoms with van der Waals surface area (Å²) >= 11 is 3.30. The number of nitrogens with one attached hydrogen (secondary N) is 1. The normalized spacial score (nSPS) is 10.3. The Labute approximate surface area is 98.0 Å². The van der Waals surface area contributed by atoms with Gasteiger partial charge in [0, 0.05) is 30.4 Å². The summed E-state index contributed by atoms with van der Waals surface area (Å²) in [5.41, 5.74) is 0.925. The molecule has 84 valence electrons. The standard InChI is InChI=1S/C11H15BrFNO/c1-15-7-3-2-6-14-11-5-4-9(13)8-10(11)12/h4-5,8,14H,2-3,6-7H2,1H3. The summed E-state index contributed by atoms with van der Waals surface area (Å²) in [4.78, 5) is 0. The molecule has 1 aromatic carbocycles. The summed E-state index contributed by atoms with van der Waals surface area (Å²) in [6, 6.07) is 4.63. The molecular weight excluding hydrogens is 261 g/mol. The molecule has 0 amide bonds. The maximum Gasteiger partial charge on any atom is 0.124 e. The van der Waals surface area contributed by atoms with Gasteiger partial charge in [-0.05, 0) is 47.0 Å². The van der Waals surface area contributed by atoms with Crippen molar-refractivity contribution in [1.82, 2.24) is 0 Å². The lowest BCUT2D eigenvalue weighted by atomic mass is 10.3. The van der Waals surface area contributed by atoms with Crippen LogP contribution in [0.15, 0.2) is 22.7 Å². The second kappa shape index (κ2) is 6.80. The third kappa shape index (κ3) is 4.62. The summed E-state index contributed by atoms with van der Waals surface area (Å²) in [5, 5.41) is 3.23. The zero-order valence-corrected chi connectivity index (χ0v) is 10.3. The van der Waals surface area contributed by atoms with E-state index >= 15 is 0 Å². The molecule has 0 aromatic heterocycles. The molecular formula is C11H15BrFNO. The Balaban J connectivity index is 2.31. The van der Waals surface area contributed by atoms with E-state index in [1.165, 1.54) is 12.1 Å². The zero-order chi connectivity index (χ0) is 11.1. The number of benzene rings is 1. The Morgan fingerprint density at radius 2 is 2.20 bits per heavy atom. The van der Waals surface area contributed by atoms with Crippen molar-refractivity contribution in [3.8, 4) is 0 Å². The summed E-state index contributed by atoms with van der Waals surface area (Å²) < 4.78 is 18.5. The van der Waals surface area contributed by atoms with Crippen LogP contribution in [0.1, 0.15) is 12.8 Å².